The van der Waals surface area contributed by atoms with Crippen molar-refractivity contribution < 1.29 is 145 Å². The summed E-state index contributed by atoms with van der Waals surface area (Å²) in [6.07, 6.45) is -24.7. The van der Waals surface area contributed by atoms with E-state index in [0.717, 1.165) is 5.34 Å². The van der Waals surface area contributed by atoms with Gasteiger partial charge in [-0.1, -0.05) is 0 Å². The van der Waals surface area contributed by atoms with E-state index in [1.807, 2.05) is 0 Å². The molecule has 0 aromatic rings. The summed E-state index contributed by atoms with van der Waals surface area (Å²) in [6, 6.07) is 0. The van der Waals surface area contributed by atoms with Crippen LogP contribution in [0.4, 0.5) is 0 Å². The van der Waals surface area contributed by atoms with E-state index >= 15 is 0 Å². The van der Waals surface area contributed by atoms with E-state index in [-0.39, 0.29) is 35.8 Å². The van der Waals surface area contributed by atoms with Gasteiger partial charge in [-0.25, -0.2) is 0 Å². The van der Waals surface area contributed by atoms with Crippen molar-refractivity contribution in [2.75, 3.05) is 39.6 Å². The van der Waals surface area contributed by atoms with E-state index in [1.165, 1.54) is 0 Å². The van der Waals surface area contributed by atoms with Crippen LogP contribution in [0.25, 0.3) is 0 Å². The van der Waals surface area contributed by atoms with Gasteiger partial charge in [-0.15, -0.1) is 5.34 Å². The summed E-state index contributed by atoms with van der Waals surface area (Å²) in [5, 5.41) is 172. The molecule has 0 aromatic heterocycles. The van der Waals surface area contributed by atoms with Gasteiger partial charge in [0.15, 0.2) is 18.4 Å². The second-order valence-electron chi connectivity index (χ2n) is 10.3. The van der Waals surface area contributed by atoms with Gasteiger partial charge in [0.05, 0.1) is 26.4 Å². The van der Waals surface area contributed by atoms with Gasteiger partial charge in [0.1, 0.15) is 98.7 Å². The number of nitrogens with zero attached hydrogens (tertiary/aromatic N) is 1. The Morgan fingerprint density at radius 2 is 1.24 bits per heavy atom. The molecule has 2 aliphatic rings. The summed E-state index contributed by atoms with van der Waals surface area (Å²) in [7, 11) is 0. The van der Waals surface area contributed by atoms with Gasteiger partial charge in [0.25, 0.3) is 0 Å². The molecule has 18 N–H and O–H groups in total. The molecule has 0 spiro atoms. The predicted octanol–water partition coefficient (Wildman–Crippen LogP) is -14.9. The van der Waals surface area contributed by atoms with Crippen LogP contribution < -0.4 is 29.6 Å². The molecule has 0 saturated carbocycles. The van der Waals surface area contributed by atoms with Crippen LogP contribution in [0.1, 0.15) is 0 Å². The van der Waals surface area contributed by atoms with Crippen molar-refractivity contribution >= 4 is 12.1 Å². The smallest absolute Gasteiger partial charge is 0.444 e. The molecule has 2 saturated heterocycles. The van der Waals surface area contributed by atoms with Crippen LogP contribution in [0.2, 0.25) is 0 Å². The molecule has 0 amide bonds. The molecule has 2 heterocycles. The Labute approximate surface area is 309 Å². The first-order chi connectivity index (χ1) is 23.3. The van der Waals surface area contributed by atoms with Crippen LogP contribution in [0.15, 0.2) is 5.34 Å². The molecule has 0 aliphatic carbocycles. The van der Waals surface area contributed by atoms with Crippen molar-refractivity contribution in [3.63, 3.8) is 0 Å². The quantitative estimate of drug-likeness (QED) is 0.0318. The van der Waals surface area contributed by atoms with Crippen molar-refractivity contribution in [3.8, 4) is 0 Å². The maximum Gasteiger partial charge on any atom is 1.00 e. The van der Waals surface area contributed by atoms with Crippen LogP contribution in [-0.4, -0.2) is 241 Å². The van der Waals surface area contributed by atoms with Crippen LogP contribution in [0.3, 0.4) is 0 Å². The summed E-state index contributed by atoms with van der Waals surface area (Å²) >= 11 is 0. The zero-order valence-corrected chi connectivity index (χ0v) is 28.8. The van der Waals surface area contributed by atoms with Gasteiger partial charge in [-0.05, 0) is 0 Å². The minimum Gasteiger partial charge on any atom is -0.444 e. The third-order valence-corrected chi connectivity index (χ3v) is 6.88. The SMILES string of the molecule is O=C(CO)[C@@H](O)[C@H](O)[C@H](O)CO.O=C[C@H](O)[C@@H](O)[C@H](O)[C@H](O)CO.O=N[O-].OC[C@H]1O[C@@](CO)(O[C@H]2O[C@H](CO)[C@@H](O)[C@H](O)[C@H]2O)[C@@H](O)[C@@H]1O.[Na+]. The first-order valence-electron chi connectivity index (χ1n) is 14.1. The standard InChI is InChI=1S/C12H22O11.2C6H12O6.HNO2.Na/c13-1-4-6(16)8(18)9(19)11(21-4)23-12(3-15)10(20)7(17)5(2-14)22-12;2*7-1-3(9)5(11)6(12)4(10)2-8;2-1-3;/h4-11,13-20H,1-3H2;3,5-9,11-12H,1-2H2;1,3-6,8-12H,2H2;(H,2,3);/q;;;;+1/p-1/t4-,5-,6-,7-,8+,9-,10+,11-,12+;3-,5-,6-;3-,4+,5+,6+;;/m110../s1. The fourth-order valence-corrected chi connectivity index (χ4v) is 3.85. The zero-order chi connectivity index (χ0) is 39.5. The fourth-order valence-electron chi connectivity index (χ4n) is 3.85. The van der Waals surface area contributed by atoms with Gasteiger partial charge < -0.3 is 121 Å². The number of ketones is 1. The fraction of sp³-hybridized carbons (Fsp3) is 0.917. The Morgan fingerprint density at radius 1 is 0.765 bits per heavy atom. The van der Waals surface area contributed by atoms with E-state index < -0.39 is 143 Å². The van der Waals surface area contributed by atoms with Crippen LogP contribution in [0, 0.1) is 10.1 Å². The second kappa shape index (κ2) is 27.5. The monoisotopic (exact) mass is 771 g/mol. The Morgan fingerprint density at radius 3 is 1.61 bits per heavy atom. The van der Waals surface area contributed by atoms with Gasteiger partial charge in [0, 0.05) is 0 Å². The molecule has 51 heavy (non-hydrogen) atoms. The number of hydrogen-bond donors (Lipinski definition) is 18. The number of aldehydes is 1. The van der Waals surface area contributed by atoms with Gasteiger partial charge in [-0.3, -0.25) is 4.79 Å². The molecule has 2 rings (SSSR count). The average Bonchev–Trinajstić information content (AvgIpc) is 3.37. The molecule has 298 valence electrons. The second-order valence-corrected chi connectivity index (χ2v) is 10.3. The van der Waals surface area contributed by atoms with Crippen LogP contribution in [0.5, 0.6) is 0 Å². The maximum absolute atomic E-state index is 10.5. The van der Waals surface area contributed by atoms with Gasteiger partial charge >= 0.3 is 29.6 Å². The third kappa shape index (κ3) is 16.0. The summed E-state index contributed by atoms with van der Waals surface area (Å²) in [5.41, 5.74) is 0. The number of hydrogen-bond acceptors (Lipinski definition) is 26. The van der Waals surface area contributed by atoms with Crippen LogP contribution >= 0.6 is 0 Å². The Kier molecular flexibility index (Phi) is 29.2. The largest absolute Gasteiger partial charge is 1.00 e. The molecular formula is C24H46NNaO25. The van der Waals surface area contributed by atoms with Crippen LogP contribution in [-0.2, 0) is 23.8 Å². The molecule has 27 heteroatoms. The summed E-state index contributed by atoms with van der Waals surface area (Å²) < 4.78 is 15.4. The van der Waals surface area contributed by atoms with Crippen molar-refractivity contribution in [2.24, 2.45) is 5.34 Å². The van der Waals surface area contributed by atoms with Crippen molar-refractivity contribution in [1.82, 2.24) is 0 Å². The van der Waals surface area contributed by atoms with E-state index in [1.54, 1.807) is 0 Å². The van der Waals surface area contributed by atoms with Gasteiger partial charge in [0.2, 0.25) is 5.79 Å². The normalized spacial score (nSPS) is 32.6. The first-order valence-corrected chi connectivity index (χ1v) is 14.1. The minimum atomic E-state index is -2.22. The van der Waals surface area contributed by atoms with E-state index in [9.17, 15) is 40.2 Å². The zero-order valence-electron chi connectivity index (χ0n) is 26.8. The summed E-state index contributed by atoms with van der Waals surface area (Å²) in [6.45, 7) is -4.77. The number of carbonyl (C=O) groups is 2. The third-order valence-electron chi connectivity index (χ3n) is 6.88. The number of ether oxygens (including phenoxy) is 3. The number of Topliss-reactive ketones (excluding diaryl/α,β-unsaturated/α-hetero) is 1. The van der Waals surface area contributed by atoms with Crippen molar-refractivity contribution in [2.45, 2.75) is 97.5 Å². The minimum absolute atomic E-state index is 0. The van der Waals surface area contributed by atoms with E-state index in [4.69, 9.17) is 85.6 Å². The molecule has 0 bridgehead atoms. The van der Waals surface area contributed by atoms with Crippen molar-refractivity contribution in [1.29, 1.82) is 0 Å². The van der Waals surface area contributed by atoms with Crippen molar-refractivity contribution in [3.05, 3.63) is 10.1 Å². The Balaban J connectivity index is -0.000000702. The molecule has 0 unspecified atom stereocenters. The maximum atomic E-state index is 10.5. The molecule has 0 radical (unpaired) electrons. The summed E-state index contributed by atoms with van der Waals surface area (Å²) in [4.78, 5) is 28.4. The van der Waals surface area contributed by atoms with E-state index in [0.29, 0.717) is 0 Å². The average molecular weight is 772 g/mol. The Bertz CT molecular complexity index is 942. The molecule has 0 aromatic carbocycles. The molecule has 16 atom stereocenters. The van der Waals surface area contributed by atoms with Gasteiger partial charge in [-0.2, -0.15) is 0 Å². The molecule has 2 fully saturated rings. The number of rotatable bonds is 15. The number of aliphatic hydroxyl groups is 18. The van der Waals surface area contributed by atoms with E-state index in [2.05, 4.69) is 0 Å². The topological polar surface area (TPSA) is 478 Å². The molecule has 26 nitrogen and oxygen atoms in total. The first kappa shape index (κ1) is 54.2. The molecule has 2 aliphatic heterocycles. The number of aliphatic hydroxyl groups excluding tert-OH is 18. The Hall–Kier alpha value is -1.10. The predicted molar refractivity (Wildman–Crippen MR) is 152 cm³/mol. The number of carbonyl (C=O) groups excluding carboxylic acids is 2. The molecular weight excluding hydrogens is 725 g/mol. The summed E-state index contributed by atoms with van der Waals surface area (Å²) in [5.74, 6) is -3.23.